The predicted octanol–water partition coefficient (Wildman–Crippen LogP) is 0.234. The van der Waals surface area contributed by atoms with Crippen LogP contribution in [0.3, 0.4) is 0 Å². The molecule has 1 fully saturated rings. The van der Waals surface area contributed by atoms with Crippen LogP contribution < -0.4 is 10.9 Å². The van der Waals surface area contributed by atoms with Gasteiger partial charge in [0, 0.05) is 12.6 Å². The zero-order valence-electron chi connectivity index (χ0n) is 8.93. The Morgan fingerprint density at radius 2 is 2.12 bits per heavy atom. The summed E-state index contributed by atoms with van der Waals surface area (Å²) in [6.07, 6.45) is 2.21. The van der Waals surface area contributed by atoms with Crippen LogP contribution in [0.5, 0.6) is 0 Å². The first kappa shape index (κ1) is 11.4. The molecule has 1 aromatic rings. The lowest BCUT2D eigenvalue weighted by Gasteiger charge is -2.10. The van der Waals surface area contributed by atoms with Crippen molar-refractivity contribution in [1.29, 1.82) is 0 Å². The second kappa shape index (κ2) is 4.04. The molecule has 1 aromatic heterocycles. The maximum absolute atomic E-state index is 11.6. The summed E-state index contributed by atoms with van der Waals surface area (Å²) in [5.41, 5.74) is -1.14. The number of amides is 1. The van der Waals surface area contributed by atoms with E-state index in [1.54, 1.807) is 0 Å². The van der Waals surface area contributed by atoms with Crippen LogP contribution in [-0.4, -0.2) is 23.5 Å². The minimum Gasteiger partial charge on any atom is -0.481 e. The summed E-state index contributed by atoms with van der Waals surface area (Å²) in [7, 11) is 0. The highest BCUT2D eigenvalue weighted by Crippen LogP contribution is 2.45. The fourth-order valence-corrected chi connectivity index (χ4v) is 1.46. The SMILES string of the molecule is O=C(NCC1(C(=O)O)CC1)c1ccc(=O)oc1. The molecule has 0 radical (unpaired) electrons. The van der Waals surface area contributed by atoms with Gasteiger partial charge in [-0.05, 0) is 18.9 Å². The summed E-state index contributed by atoms with van der Waals surface area (Å²) in [5, 5.41) is 11.4. The van der Waals surface area contributed by atoms with Crippen LogP contribution in [0.4, 0.5) is 0 Å². The second-order valence-electron chi connectivity index (χ2n) is 4.11. The van der Waals surface area contributed by atoms with E-state index in [-0.39, 0.29) is 12.1 Å². The molecular formula is C11H11NO5. The Labute approximate surface area is 96.2 Å². The Balaban J connectivity index is 1.96. The highest BCUT2D eigenvalue weighted by atomic mass is 16.4. The lowest BCUT2D eigenvalue weighted by Crippen LogP contribution is -2.34. The van der Waals surface area contributed by atoms with Crippen molar-refractivity contribution in [3.63, 3.8) is 0 Å². The molecule has 1 amide bonds. The van der Waals surface area contributed by atoms with Gasteiger partial charge >= 0.3 is 11.6 Å². The fraction of sp³-hybridized carbons (Fsp3) is 0.364. The van der Waals surface area contributed by atoms with Gasteiger partial charge in [-0.2, -0.15) is 0 Å². The average molecular weight is 237 g/mol. The van der Waals surface area contributed by atoms with Crippen LogP contribution in [0.25, 0.3) is 0 Å². The summed E-state index contributed by atoms with van der Waals surface area (Å²) in [4.78, 5) is 33.1. The first-order valence-corrected chi connectivity index (χ1v) is 5.14. The minimum absolute atomic E-state index is 0.0975. The first-order chi connectivity index (χ1) is 8.03. The van der Waals surface area contributed by atoms with Gasteiger partial charge in [-0.1, -0.05) is 0 Å². The summed E-state index contributed by atoms with van der Waals surface area (Å²) >= 11 is 0. The standard InChI is InChI=1S/C11H11NO5/c13-8-2-1-7(5-17-8)9(14)12-6-11(3-4-11)10(15)16/h1-2,5H,3-4,6H2,(H,12,14)(H,15,16). The van der Waals surface area contributed by atoms with Crippen LogP contribution >= 0.6 is 0 Å². The van der Waals surface area contributed by atoms with Crippen LogP contribution in [0, 0.1) is 5.41 Å². The van der Waals surface area contributed by atoms with E-state index in [9.17, 15) is 14.4 Å². The van der Waals surface area contributed by atoms with E-state index >= 15 is 0 Å². The van der Waals surface area contributed by atoms with Crippen molar-refractivity contribution in [3.05, 3.63) is 34.4 Å². The molecule has 17 heavy (non-hydrogen) atoms. The first-order valence-electron chi connectivity index (χ1n) is 5.14. The summed E-state index contributed by atoms with van der Waals surface area (Å²) in [6.45, 7) is 0.0975. The van der Waals surface area contributed by atoms with Crippen molar-refractivity contribution in [2.75, 3.05) is 6.54 Å². The molecule has 6 nitrogen and oxygen atoms in total. The number of carbonyl (C=O) groups is 2. The third kappa shape index (κ3) is 2.35. The Morgan fingerprint density at radius 1 is 1.41 bits per heavy atom. The molecule has 1 aliphatic carbocycles. The third-order valence-corrected chi connectivity index (χ3v) is 2.86. The largest absolute Gasteiger partial charge is 0.481 e. The van der Waals surface area contributed by atoms with Crippen molar-refractivity contribution in [2.24, 2.45) is 5.41 Å². The molecular weight excluding hydrogens is 226 g/mol. The number of aliphatic carboxylic acids is 1. The van der Waals surface area contributed by atoms with Crippen LogP contribution in [0.1, 0.15) is 23.2 Å². The van der Waals surface area contributed by atoms with Gasteiger partial charge in [0.2, 0.25) is 0 Å². The Bertz CT molecular complexity index is 494. The lowest BCUT2D eigenvalue weighted by molar-refractivity contribution is -0.143. The number of hydrogen-bond donors (Lipinski definition) is 2. The van der Waals surface area contributed by atoms with Crippen molar-refractivity contribution in [3.8, 4) is 0 Å². The lowest BCUT2D eigenvalue weighted by atomic mass is 10.1. The predicted molar refractivity (Wildman–Crippen MR) is 56.6 cm³/mol. The van der Waals surface area contributed by atoms with Crippen LogP contribution in [0.15, 0.2) is 27.6 Å². The van der Waals surface area contributed by atoms with E-state index < -0.39 is 22.9 Å². The van der Waals surface area contributed by atoms with E-state index in [2.05, 4.69) is 9.73 Å². The number of carboxylic acid groups (broad SMARTS) is 1. The Hall–Kier alpha value is -2.11. The molecule has 2 N–H and O–H groups in total. The van der Waals surface area contributed by atoms with E-state index in [1.807, 2.05) is 0 Å². The molecule has 0 aromatic carbocycles. The van der Waals surface area contributed by atoms with Crippen molar-refractivity contribution >= 4 is 11.9 Å². The molecule has 2 rings (SSSR count). The van der Waals surface area contributed by atoms with Gasteiger partial charge in [-0.25, -0.2) is 4.79 Å². The number of hydrogen-bond acceptors (Lipinski definition) is 4. The molecule has 1 saturated carbocycles. The molecule has 90 valence electrons. The van der Waals surface area contributed by atoms with Gasteiger partial charge in [0.05, 0.1) is 11.0 Å². The average Bonchev–Trinajstić information content (AvgIpc) is 3.08. The van der Waals surface area contributed by atoms with Gasteiger partial charge < -0.3 is 14.8 Å². The number of carboxylic acids is 1. The summed E-state index contributed by atoms with van der Waals surface area (Å²) < 4.78 is 4.54. The Kier molecular flexibility index (Phi) is 2.71. The van der Waals surface area contributed by atoms with E-state index in [4.69, 9.17) is 5.11 Å². The monoisotopic (exact) mass is 237 g/mol. The van der Waals surface area contributed by atoms with Gasteiger partial charge in [0.15, 0.2) is 0 Å². The zero-order valence-corrected chi connectivity index (χ0v) is 8.93. The van der Waals surface area contributed by atoms with Gasteiger partial charge in [-0.15, -0.1) is 0 Å². The molecule has 0 atom stereocenters. The fourth-order valence-electron chi connectivity index (χ4n) is 1.46. The summed E-state index contributed by atoms with van der Waals surface area (Å²) in [5.74, 6) is -1.33. The molecule has 1 aliphatic rings. The van der Waals surface area contributed by atoms with Crippen molar-refractivity contribution in [2.45, 2.75) is 12.8 Å². The van der Waals surface area contributed by atoms with Crippen molar-refractivity contribution < 1.29 is 19.1 Å². The maximum Gasteiger partial charge on any atom is 0.335 e. The normalized spacial score (nSPS) is 16.2. The summed E-state index contributed by atoms with van der Waals surface area (Å²) in [6, 6.07) is 2.47. The maximum atomic E-state index is 11.6. The number of nitrogens with one attached hydrogen (secondary N) is 1. The smallest absolute Gasteiger partial charge is 0.335 e. The minimum atomic E-state index is -0.891. The highest BCUT2D eigenvalue weighted by molar-refractivity contribution is 5.94. The molecule has 6 heteroatoms. The molecule has 0 aliphatic heterocycles. The van der Waals surface area contributed by atoms with Gasteiger partial charge in [-0.3, -0.25) is 9.59 Å². The molecule has 0 saturated heterocycles. The third-order valence-electron chi connectivity index (χ3n) is 2.86. The number of carbonyl (C=O) groups excluding carboxylic acids is 1. The Morgan fingerprint density at radius 3 is 2.59 bits per heavy atom. The zero-order chi connectivity index (χ0) is 12.5. The van der Waals surface area contributed by atoms with E-state index in [1.165, 1.54) is 6.07 Å². The molecule has 1 heterocycles. The highest BCUT2D eigenvalue weighted by Gasteiger charge is 2.50. The van der Waals surface area contributed by atoms with E-state index in [0.29, 0.717) is 12.8 Å². The van der Waals surface area contributed by atoms with Crippen molar-refractivity contribution in [1.82, 2.24) is 5.32 Å². The molecule has 0 spiro atoms. The van der Waals surface area contributed by atoms with Crippen LogP contribution in [-0.2, 0) is 4.79 Å². The topological polar surface area (TPSA) is 96.6 Å². The van der Waals surface area contributed by atoms with Gasteiger partial charge in [0.1, 0.15) is 6.26 Å². The number of rotatable bonds is 4. The van der Waals surface area contributed by atoms with E-state index in [0.717, 1.165) is 12.3 Å². The van der Waals surface area contributed by atoms with Gasteiger partial charge in [0.25, 0.3) is 5.91 Å². The second-order valence-corrected chi connectivity index (χ2v) is 4.11. The molecule has 0 bridgehead atoms. The quantitative estimate of drug-likeness (QED) is 0.781. The van der Waals surface area contributed by atoms with Crippen LogP contribution in [0.2, 0.25) is 0 Å². The molecule has 0 unspecified atom stereocenters.